The summed E-state index contributed by atoms with van der Waals surface area (Å²) in [6, 6.07) is 12.5. The zero-order valence-electron chi connectivity index (χ0n) is 15.6. The molecule has 0 fully saturated rings. The molecule has 0 unspecified atom stereocenters. The molecule has 9 heteroatoms. The third-order valence-electron chi connectivity index (χ3n) is 3.74. The van der Waals surface area contributed by atoms with E-state index in [9.17, 15) is 4.79 Å². The smallest absolute Gasteiger partial charge is 0.277 e. The maximum absolute atomic E-state index is 12.2. The molecule has 0 aliphatic carbocycles. The molecule has 0 saturated heterocycles. The van der Waals surface area contributed by atoms with E-state index < -0.39 is 0 Å². The summed E-state index contributed by atoms with van der Waals surface area (Å²) in [7, 11) is 4.66. The van der Waals surface area contributed by atoms with Crippen LogP contribution in [0.15, 0.2) is 52.1 Å². The number of amides is 1. The van der Waals surface area contributed by atoms with Gasteiger partial charge < -0.3 is 23.9 Å². The van der Waals surface area contributed by atoms with E-state index in [4.69, 9.17) is 18.6 Å². The van der Waals surface area contributed by atoms with Crippen LogP contribution in [0.4, 0.5) is 5.69 Å². The number of benzene rings is 2. The first kappa shape index (κ1) is 19.6. The molecule has 0 aliphatic rings. The van der Waals surface area contributed by atoms with E-state index >= 15 is 0 Å². The molecular weight excluding hydrogens is 382 g/mol. The summed E-state index contributed by atoms with van der Waals surface area (Å²) in [6.45, 7) is 0. The van der Waals surface area contributed by atoms with Crippen LogP contribution in [-0.4, -0.2) is 43.2 Å². The number of carbonyl (C=O) groups is 1. The lowest BCUT2D eigenvalue weighted by molar-refractivity contribution is -0.113. The van der Waals surface area contributed by atoms with Crippen LogP contribution in [0.1, 0.15) is 0 Å². The number of rotatable bonds is 8. The number of aromatic nitrogens is 2. The average Bonchev–Trinajstić information content (AvgIpc) is 3.21. The molecule has 0 aliphatic heterocycles. The van der Waals surface area contributed by atoms with Crippen molar-refractivity contribution in [3.63, 3.8) is 0 Å². The van der Waals surface area contributed by atoms with Crippen molar-refractivity contribution in [2.24, 2.45) is 0 Å². The molecule has 0 radical (unpaired) electrons. The van der Waals surface area contributed by atoms with Crippen molar-refractivity contribution in [2.75, 3.05) is 32.4 Å². The number of nitrogens with zero attached hydrogens (tertiary/aromatic N) is 2. The Morgan fingerprint density at radius 3 is 2.50 bits per heavy atom. The van der Waals surface area contributed by atoms with E-state index in [1.54, 1.807) is 32.4 Å². The summed E-state index contributed by atoms with van der Waals surface area (Å²) in [5.74, 6) is 1.99. The van der Waals surface area contributed by atoms with E-state index in [1.807, 2.05) is 24.3 Å². The number of carbonyl (C=O) groups excluding carboxylic acids is 1. The van der Waals surface area contributed by atoms with E-state index in [0.29, 0.717) is 39.6 Å². The van der Waals surface area contributed by atoms with Crippen LogP contribution >= 0.6 is 11.8 Å². The van der Waals surface area contributed by atoms with Crippen molar-refractivity contribution < 1.29 is 23.4 Å². The lowest BCUT2D eigenvalue weighted by Gasteiger charge is -2.10. The highest BCUT2D eigenvalue weighted by Gasteiger charge is 2.15. The molecule has 1 amide bonds. The third-order valence-corrected chi connectivity index (χ3v) is 4.56. The first-order valence-corrected chi connectivity index (χ1v) is 9.24. The van der Waals surface area contributed by atoms with Gasteiger partial charge in [-0.15, -0.1) is 10.2 Å². The fourth-order valence-electron chi connectivity index (χ4n) is 2.44. The zero-order valence-corrected chi connectivity index (χ0v) is 16.4. The van der Waals surface area contributed by atoms with Crippen molar-refractivity contribution in [1.29, 1.82) is 0 Å². The summed E-state index contributed by atoms with van der Waals surface area (Å²) in [4.78, 5) is 12.2. The second-order valence-corrected chi connectivity index (χ2v) is 6.41. The topological polar surface area (TPSA) is 95.7 Å². The van der Waals surface area contributed by atoms with Gasteiger partial charge in [0.05, 0.1) is 32.6 Å². The number of anilines is 1. The van der Waals surface area contributed by atoms with E-state index in [-0.39, 0.29) is 11.7 Å². The fourth-order valence-corrected chi connectivity index (χ4v) is 3.00. The largest absolute Gasteiger partial charge is 0.496 e. The molecule has 146 valence electrons. The normalized spacial score (nSPS) is 10.4. The minimum atomic E-state index is -0.214. The van der Waals surface area contributed by atoms with Crippen LogP contribution in [-0.2, 0) is 4.79 Å². The van der Waals surface area contributed by atoms with Crippen molar-refractivity contribution in [3.8, 4) is 28.7 Å². The third kappa shape index (κ3) is 4.55. The number of thioether (sulfide) groups is 1. The fraction of sp³-hybridized carbons (Fsp3) is 0.211. The summed E-state index contributed by atoms with van der Waals surface area (Å²) in [5, 5.41) is 11.1. The molecule has 0 saturated carbocycles. The van der Waals surface area contributed by atoms with Gasteiger partial charge in [-0.3, -0.25) is 4.79 Å². The highest BCUT2D eigenvalue weighted by molar-refractivity contribution is 7.99. The first-order valence-electron chi connectivity index (χ1n) is 8.26. The minimum Gasteiger partial charge on any atom is -0.496 e. The van der Waals surface area contributed by atoms with E-state index in [0.717, 1.165) is 11.8 Å². The standard InChI is InChI=1S/C19H19N3O5S/c1-24-14-7-5-4-6-13(14)18-21-22-19(27-18)28-11-17(23)20-12-8-9-15(25-2)16(10-12)26-3/h4-10H,11H2,1-3H3,(H,20,23). The lowest BCUT2D eigenvalue weighted by atomic mass is 10.2. The van der Waals surface area contributed by atoms with Crippen molar-refractivity contribution >= 4 is 23.4 Å². The number of methoxy groups -OCH3 is 3. The highest BCUT2D eigenvalue weighted by atomic mass is 32.2. The minimum absolute atomic E-state index is 0.113. The second kappa shape index (κ2) is 9.14. The Morgan fingerprint density at radius 1 is 1.00 bits per heavy atom. The van der Waals surface area contributed by atoms with Crippen molar-refractivity contribution in [1.82, 2.24) is 10.2 Å². The molecular formula is C19H19N3O5S. The number of hydrogen-bond acceptors (Lipinski definition) is 8. The van der Waals surface area contributed by atoms with Gasteiger partial charge >= 0.3 is 0 Å². The molecule has 0 atom stereocenters. The number of para-hydroxylation sites is 1. The van der Waals surface area contributed by atoms with Crippen molar-refractivity contribution in [3.05, 3.63) is 42.5 Å². The van der Waals surface area contributed by atoms with Crippen LogP contribution < -0.4 is 19.5 Å². The monoisotopic (exact) mass is 401 g/mol. The SMILES string of the molecule is COc1ccc(NC(=O)CSc2nnc(-c3ccccc3OC)o2)cc1OC. The Balaban J connectivity index is 1.60. The van der Waals surface area contributed by atoms with Crippen LogP contribution in [0.3, 0.4) is 0 Å². The number of hydrogen-bond donors (Lipinski definition) is 1. The Labute approximate surface area is 166 Å². The zero-order chi connectivity index (χ0) is 19.9. The first-order chi connectivity index (χ1) is 13.6. The van der Waals surface area contributed by atoms with Crippen LogP contribution in [0, 0.1) is 0 Å². The van der Waals surface area contributed by atoms with Gasteiger partial charge in [0.15, 0.2) is 11.5 Å². The Kier molecular flexibility index (Phi) is 6.38. The Hall–Kier alpha value is -3.20. The van der Waals surface area contributed by atoms with Crippen LogP contribution in [0.25, 0.3) is 11.5 Å². The van der Waals surface area contributed by atoms with Crippen LogP contribution in [0.2, 0.25) is 0 Å². The van der Waals surface area contributed by atoms with Gasteiger partial charge in [-0.25, -0.2) is 0 Å². The van der Waals surface area contributed by atoms with Gasteiger partial charge in [0.2, 0.25) is 5.91 Å². The van der Waals surface area contributed by atoms with Gasteiger partial charge in [-0.2, -0.15) is 0 Å². The van der Waals surface area contributed by atoms with Gasteiger partial charge in [0.25, 0.3) is 11.1 Å². The molecule has 2 aromatic carbocycles. The summed E-state index contributed by atoms with van der Waals surface area (Å²) < 4.78 is 21.3. The molecule has 0 spiro atoms. The summed E-state index contributed by atoms with van der Waals surface area (Å²) >= 11 is 1.15. The van der Waals surface area contributed by atoms with E-state index in [1.165, 1.54) is 7.11 Å². The lowest BCUT2D eigenvalue weighted by Crippen LogP contribution is -2.14. The number of ether oxygens (including phenoxy) is 3. The Morgan fingerprint density at radius 2 is 1.75 bits per heavy atom. The molecule has 1 heterocycles. The molecule has 0 bridgehead atoms. The maximum atomic E-state index is 12.2. The average molecular weight is 401 g/mol. The second-order valence-electron chi connectivity index (χ2n) is 5.48. The summed E-state index contributed by atoms with van der Waals surface area (Å²) in [5.41, 5.74) is 1.29. The van der Waals surface area contributed by atoms with Gasteiger partial charge in [0.1, 0.15) is 5.75 Å². The van der Waals surface area contributed by atoms with Gasteiger partial charge in [-0.1, -0.05) is 23.9 Å². The molecule has 3 aromatic rings. The maximum Gasteiger partial charge on any atom is 0.277 e. The molecule has 8 nitrogen and oxygen atoms in total. The van der Waals surface area contributed by atoms with Crippen LogP contribution in [0.5, 0.6) is 17.2 Å². The predicted octanol–water partition coefficient (Wildman–Crippen LogP) is 3.49. The molecule has 3 rings (SSSR count). The summed E-state index contributed by atoms with van der Waals surface area (Å²) in [6.07, 6.45) is 0. The van der Waals surface area contributed by atoms with Gasteiger partial charge in [0, 0.05) is 11.8 Å². The molecule has 1 aromatic heterocycles. The quantitative estimate of drug-likeness (QED) is 0.573. The molecule has 1 N–H and O–H groups in total. The predicted molar refractivity (Wildman–Crippen MR) is 105 cm³/mol. The van der Waals surface area contributed by atoms with Gasteiger partial charge in [-0.05, 0) is 24.3 Å². The highest BCUT2D eigenvalue weighted by Crippen LogP contribution is 2.31. The Bertz CT molecular complexity index is 960. The van der Waals surface area contributed by atoms with Crippen molar-refractivity contribution in [2.45, 2.75) is 5.22 Å². The molecule has 28 heavy (non-hydrogen) atoms. The van der Waals surface area contributed by atoms with E-state index in [2.05, 4.69) is 15.5 Å². The number of nitrogens with one attached hydrogen (secondary N) is 1.